The Morgan fingerprint density at radius 3 is 2.04 bits per heavy atom. The molecule has 10 rings (SSSR count). The fourth-order valence-corrected chi connectivity index (χ4v) is 7.29. The second kappa shape index (κ2) is 10.1. The summed E-state index contributed by atoms with van der Waals surface area (Å²) in [5, 5.41) is 12.1. The fourth-order valence-electron chi connectivity index (χ4n) is 7.29. The normalized spacial score (nSPS) is 11.8. The maximum atomic E-state index is 6.38. The van der Waals surface area contributed by atoms with Crippen LogP contribution in [0.5, 0.6) is 0 Å². The van der Waals surface area contributed by atoms with Gasteiger partial charge in [-0.3, -0.25) is 4.98 Å². The van der Waals surface area contributed by atoms with Crippen LogP contribution in [-0.2, 0) is 0 Å². The predicted octanol–water partition coefficient (Wildman–Crippen LogP) is 12.0. The quantitative estimate of drug-likeness (QED) is 0.190. The number of rotatable bonds is 3. The predicted molar refractivity (Wildman–Crippen MR) is 196 cm³/mol. The van der Waals surface area contributed by atoms with E-state index in [0.29, 0.717) is 5.89 Å². The van der Waals surface area contributed by atoms with Crippen LogP contribution in [0.25, 0.3) is 98.8 Å². The molecule has 0 radical (unpaired) electrons. The van der Waals surface area contributed by atoms with Gasteiger partial charge < -0.3 is 4.42 Å². The standard InChI is InChI=1S/C44H26N2O/c1-4-13-35-27(8-1)17-21-37-34-12-3-2-9-32(34)26-38(42(35)37)31-11-7-10-29(24-31)30-18-20-36-33(25-30)16-15-28-19-22-39-43(41(28)36)47-44(46-39)40-14-5-6-23-45-40/h1-26H. The van der Waals surface area contributed by atoms with Gasteiger partial charge in [0.05, 0.1) is 0 Å². The molecule has 3 nitrogen and oxygen atoms in total. The smallest absolute Gasteiger partial charge is 0.246 e. The Kier molecular flexibility index (Phi) is 5.57. The molecule has 0 atom stereocenters. The van der Waals surface area contributed by atoms with Gasteiger partial charge in [-0.15, -0.1) is 0 Å². The minimum Gasteiger partial charge on any atom is -0.434 e. The van der Waals surface area contributed by atoms with Crippen LogP contribution < -0.4 is 0 Å². The number of pyridine rings is 1. The summed E-state index contributed by atoms with van der Waals surface area (Å²) in [6.07, 6.45) is 1.76. The second-order valence-electron chi connectivity index (χ2n) is 12.2. The highest BCUT2D eigenvalue weighted by Gasteiger charge is 2.16. The van der Waals surface area contributed by atoms with Crippen molar-refractivity contribution in [3.05, 3.63) is 158 Å². The van der Waals surface area contributed by atoms with Gasteiger partial charge in [0.25, 0.3) is 0 Å². The van der Waals surface area contributed by atoms with Gasteiger partial charge in [-0.05, 0) is 107 Å². The van der Waals surface area contributed by atoms with Gasteiger partial charge in [0.1, 0.15) is 11.2 Å². The van der Waals surface area contributed by atoms with Gasteiger partial charge in [-0.2, -0.15) is 0 Å². The lowest BCUT2D eigenvalue weighted by atomic mass is 9.89. The minimum atomic E-state index is 0.535. The molecule has 47 heavy (non-hydrogen) atoms. The van der Waals surface area contributed by atoms with E-state index in [0.717, 1.165) is 38.3 Å². The van der Waals surface area contributed by atoms with Gasteiger partial charge >= 0.3 is 0 Å². The number of oxazole rings is 1. The fraction of sp³-hybridized carbons (Fsp3) is 0. The molecule has 218 valence electrons. The average molecular weight is 599 g/mol. The molecule has 0 saturated heterocycles. The van der Waals surface area contributed by atoms with E-state index in [1.54, 1.807) is 6.20 Å². The first kappa shape index (κ1) is 26.0. The van der Waals surface area contributed by atoms with Crippen molar-refractivity contribution in [3.63, 3.8) is 0 Å². The van der Waals surface area contributed by atoms with Crippen molar-refractivity contribution in [2.24, 2.45) is 0 Å². The summed E-state index contributed by atoms with van der Waals surface area (Å²) < 4.78 is 6.38. The van der Waals surface area contributed by atoms with Gasteiger partial charge in [0.2, 0.25) is 5.89 Å². The number of benzene rings is 8. The van der Waals surface area contributed by atoms with Crippen LogP contribution in [0, 0.1) is 0 Å². The highest BCUT2D eigenvalue weighted by molar-refractivity contribution is 6.23. The number of hydrogen-bond acceptors (Lipinski definition) is 3. The highest BCUT2D eigenvalue weighted by atomic mass is 16.3. The SMILES string of the molecule is c1ccc(-c2nc3ccc4ccc5cc(-c6cccc(-c7cc8ccccc8c8ccc9ccccc9c78)c6)ccc5c4c3o2)nc1. The largest absolute Gasteiger partial charge is 0.434 e. The van der Waals surface area contributed by atoms with E-state index in [9.17, 15) is 0 Å². The topological polar surface area (TPSA) is 38.9 Å². The summed E-state index contributed by atoms with van der Waals surface area (Å²) in [7, 11) is 0. The minimum absolute atomic E-state index is 0.535. The van der Waals surface area contributed by atoms with Crippen molar-refractivity contribution in [1.29, 1.82) is 0 Å². The lowest BCUT2D eigenvalue weighted by molar-refractivity contribution is 0.620. The third-order valence-corrected chi connectivity index (χ3v) is 9.49. The Balaban J connectivity index is 1.15. The Bertz CT molecular complexity index is 2850. The summed E-state index contributed by atoms with van der Waals surface area (Å²) in [6.45, 7) is 0. The molecule has 0 unspecified atom stereocenters. The molecule has 0 saturated carbocycles. The molecule has 0 N–H and O–H groups in total. The van der Waals surface area contributed by atoms with Crippen LogP contribution in [0.1, 0.15) is 0 Å². The summed E-state index contributed by atoms with van der Waals surface area (Å²) in [5.41, 5.74) is 7.16. The van der Waals surface area contributed by atoms with E-state index in [4.69, 9.17) is 9.40 Å². The molecule has 0 aliphatic rings. The van der Waals surface area contributed by atoms with Crippen LogP contribution in [-0.4, -0.2) is 9.97 Å². The molecular weight excluding hydrogens is 572 g/mol. The Hall–Kier alpha value is -6.32. The summed E-state index contributed by atoms with van der Waals surface area (Å²) >= 11 is 0. The van der Waals surface area contributed by atoms with Crippen LogP contribution in [0.15, 0.2) is 162 Å². The molecule has 10 aromatic rings. The number of fused-ring (bicyclic) bond motifs is 10. The molecule has 0 bridgehead atoms. The average Bonchev–Trinajstić information content (AvgIpc) is 3.59. The zero-order chi connectivity index (χ0) is 30.9. The first-order valence-electron chi connectivity index (χ1n) is 15.9. The van der Waals surface area contributed by atoms with Crippen molar-refractivity contribution in [1.82, 2.24) is 9.97 Å². The van der Waals surface area contributed by atoms with Crippen molar-refractivity contribution >= 4 is 65.0 Å². The first-order chi connectivity index (χ1) is 23.3. The Labute approximate surface area is 270 Å². The van der Waals surface area contributed by atoms with E-state index in [1.165, 1.54) is 54.6 Å². The zero-order valence-corrected chi connectivity index (χ0v) is 25.3. The maximum absolute atomic E-state index is 6.38. The monoisotopic (exact) mass is 598 g/mol. The van der Waals surface area contributed by atoms with E-state index < -0.39 is 0 Å². The van der Waals surface area contributed by atoms with Crippen LogP contribution in [0.4, 0.5) is 0 Å². The van der Waals surface area contributed by atoms with E-state index in [1.807, 2.05) is 24.3 Å². The third-order valence-electron chi connectivity index (χ3n) is 9.49. The van der Waals surface area contributed by atoms with E-state index in [-0.39, 0.29) is 0 Å². The Morgan fingerprint density at radius 2 is 1.13 bits per heavy atom. The van der Waals surface area contributed by atoms with Gasteiger partial charge in [-0.1, -0.05) is 115 Å². The van der Waals surface area contributed by atoms with Gasteiger partial charge in [-0.25, -0.2) is 4.98 Å². The number of aromatic nitrogens is 2. The molecule has 8 aromatic carbocycles. The second-order valence-corrected chi connectivity index (χ2v) is 12.2. The van der Waals surface area contributed by atoms with E-state index in [2.05, 4.69) is 132 Å². The van der Waals surface area contributed by atoms with Gasteiger partial charge in [0.15, 0.2) is 5.58 Å². The molecule has 0 spiro atoms. The van der Waals surface area contributed by atoms with Crippen LogP contribution in [0.2, 0.25) is 0 Å². The molecule has 0 aliphatic heterocycles. The van der Waals surface area contributed by atoms with E-state index >= 15 is 0 Å². The summed E-state index contributed by atoms with van der Waals surface area (Å²) in [6, 6.07) is 54.3. The molecule has 3 heteroatoms. The molecule has 0 amide bonds. The number of hydrogen-bond donors (Lipinski definition) is 0. The molecule has 2 heterocycles. The lowest BCUT2D eigenvalue weighted by Crippen LogP contribution is -1.88. The Morgan fingerprint density at radius 1 is 0.426 bits per heavy atom. The van der Waals surface area contributed by atoms with Crippen molar-refractivity contribution in [3.8, 4) is 33.8 Å². The zero-order valence-electron chi connectivity index (χ0n) is 25.3. The third kappa shape index (κ3) is 4.07. The first-order valence-corrected chi connectivity index (χ1v) is 15.9. The summed E-state index contributed by atoms with van der Waals surface area (Å²) in [5.74, 6) is 0.535. The number of nitrogens with zero attached hydrogens (tertiary/aromatic N) is 2. The van der Waals surface area contributed by atoms with Crippen molar-refractivity contribution in [2.45, 2.75) is 0 Å². The van der Waals surface area contributed by atoms with Gasteiger partial charge in [0, 0.05) is 11.6 Å². The lowest BCUT2D eigenvalue weighted by Gasteiger charge is -2.15. The van der Waals surface area contributed by atoms with Crippen LogP contribution in [0.3, 0.4) is 0 Å². The highest BCUT2D eigenvalue weighted by Crippen LogP contribution is 2.41. The summed E-state index contributed by atoms with van der Waals surface area (Å²) in [4.78, 5) is 9.22. The molecule has 0 aliphatic carbocycles. The van der Waals surface area contributed by atoms with Crippen molar-refractivity contribution < 1.29 is 4.42 Å². The molecule has 0 fully saturated rings. The van der Waals surface area contributed by atoms with Crippen molar-refractivity contribution in [2.75, 3.05) is 0 Å². The molecular formula is C44H26N2O. The maximum Gasteiger partial charge on any atom is 0.246 e. The molecule has 2 aromatic heterocycles. The van der Waals surface area contributed by atoms with Crippen LogP contribution >= 0.6 is 0 Å².